The molecule has 2 aromatic heterocycles. The molecule has 0 radical (unpaired) electrons. The van der Waals surface area contributed by atoms with E-state index >= 15 is 0 Å². The third-order valence-electron chi connectivity index (χ3n) is 6.92. The summed E-state index contributed by atoms with van der Waals surface area (Å²) in [5, 5.41) is 25.7. The standard InChI is InChI=1S/C29H40N10O2.2CH3/c1-36-20-30-38(3)28(36)34-32-24-16-14-22(18-26(24)40-5)12-10-8-7-9-11-13-23-15-17-25(27(19-23)41-6)33-35-29-37(2)21-31-39(29)4;;/h14-21H,7-13H2,1-6H3;2*1H3/q+2;2*-1. The smallest absolute Gasteiger partial charge is 0.403 e. The van der Waals surface area contributed by atoms with Gasteiger partial charge in [-0.25, -0.2) is 9.13 Å². The number of nitrogens with zero attached hydrogens (tertiary/aromatic N) is 10. The zero-order chi connectivity index (χ0) is 29.2. The Hall–Kier alpha value is -4.48. The average Bonchev–Trinajstić information content (AvgIpc) is 3.48. The Morgan fingerprint density at radius 1 is 0.628 bits per heavy atom. The van der Waals surface area contributed by atoms with E-state index in [0.29, 0.717) is 23.3 Å². The second-order valence-electron chi connectivity index (χ2n) is 10.0. The average molecular weight is 591 g/mol. The van der Waals surface area contributed by atoms with E-state index in [2.05, 4.69) is 54.9 Å². The molecule has 0 unspecified atom stereocenters. The molecule has 2 heterocycles. The number of aromatic nitrogens is 6. The van der Waals surface area contributed by atoms with Crippen molar-refractivity contribution >= 4 is 23.3 Å². The van der Waals surface area contributed by atoms with Crippen LogP contribution < -0.4 is 18.6 Å². The summed E-state index contributed by atoms with van der Waals surface area (Å²) >= 11 is 0. The number of benzene rings is 2. The van der Waals surface area contributed by atoms with Crippen LogP contribution >= 0.6 is 0 Å². The van der Waals surface area contributed by atoms with Crippen LogP contribution in [0.5, 0.6) is 11.5 Å². The van der Waals surface area contributed by atoms with Crippen molar-refractivity contribution in [3.8, 4) is 11.5 Å². The SMILES string of the molecule is COc1cc(CCCCCCCc2ccc(N=Nc3n(C)nc[n+]3C)c(OC)c2)ccc1N=Nc1n(C)nc[n+]1C.[CH3-].[CH3-]. The Morgan fingerprint density at radius 3 is 1.37 bits per heavy atom. The number of ether oxygens (including phenoxy) is 2. The lowest BCUT2D eigenvalue weighted by Crippen LogP contribution is -2.25. The molecule has 0 saturated carbocycles. The second-order valence-corrected chi connectivity index (χ2v) is 10.0. The fourth-order valence-corrected chi connectivity index (χ4v) is 4.55. The van der Waals surface area contributed by atoms with Gasteiger partial charge in [0, 0.05) is 10.2 Å². The molecule has 0 bridgehead atoms. The van der Waals surface area contributed by atoms with Crippen molar-refractivity contribution in [2.75, 3.05) is 14.2 Å². The summed E-state index contributed by atoms with van der Waals surface area (Å²) in [5.41, 5.74) is 3.89. The van der Waals surface area contributed by atoms with Gasteiger partial charge in [0.1, 0.15) is 22.9 Å². The van der Waals surface area contributed by atoms with Crippen LogP contribution in [0, 0.1) is 14.9 Å². The first-order valence-electron chi connectivity index (χ1n) is 13.8. The predicted octanol–water partition coefficient (Wildman–Crippen LogP) is 6.29. The molecule has 0 atom stereocenters. The van der Waals surface area contributed by atoms with Crippen molar-refractivity contribution < 1.29 is 18.6 Å². The highest BCUT2D eigenvalue weighted by Crippen LogP contribution is 2.31. The number of azo groups is 2. The predicted molar refractivity (Wildman–Crippen MR) is 166 cm³/mol. The van der Waals surface area contributed by atoms with E-state index in [0.717, 1.165) is 37.2 Å². The number of methoxy groups -OCH3 is 2. The van der Waals surface area contributed by atoms with E-state index in [1.54, 1.807) is 36.2 Å². The minimum absolute atomic E-state index is 0. The van der Waals surface area contributed by atoms with Gasteiger partial charge in [0.2, 0.25) is 12.7 Å². The van der Waals surface area contributed by atoms with E-state index in [4.69, 9.17) is 9.47 Å². The lowest BCUT2D eigenvalue weighted by atomic mass is 10.0. The number of hydrogen-bond acceptors (Lipinski definition) is 8. The topological polar surface area (TPSA) is 111 Å². The molecule has 0 aliphatic heterocycles. The maximum Gasteiger partial charge on any atom is 0.403 e. The van der Waals surface area contributed by atoms with E-state index in [1.165, 1.54) is 30.4 Å². The molecule has 43 heavy (non-hydrogen) atoms. The van der Waals surface area contributed by atoms with Gasteiger partial charge in [0.25, 0.3) is 0 Å². The molecule has 0 amide bonds. The fourth-order valence-electron chi connectivity index (χ4n) is 4.55. The van der Waals surface area contributed by atoms with Gasteiger partial charge in [-0.1, -0.05) is 41.6 Å². The molecule has 4 rings (SSSR count). The number of hydrogen-bond donors (Lipinski definition) is 0. The summed E-state index contributed by atoms with van der Waals surface area (Å²) in [4.78, 5) is 0. The number of rotatable bonds is 14. The first kappa shape index (κ1) is 34.7. The van der Waals surface area contributed by atoms with Gasteiger partial charge < -0.3 is 24.3 Å². The van der Waals surface area contributed by atoms with Gasteiger partial charge in [-0.05, 0) is 71.3 Å². The maximum absolute atomic E-state index is 5.57. The minimum Gasteiger partial charge on any atom is -0.494 e. The van der Waals surface area contributed by atoms with E-state index in [1.807, 2.05) is 49.5 Å². The second kappa shape index (κ2) is 16.8. The normalized spacial score (nSPS) is 11.1. The van der Waals surface area contributed by atoms with E-state index in [9.17, 15) is 0 Å². The maximum atomic E-state index is 5.57. The molecule has 0 spiro atoms. The molecule has 0 fully saturated rings. The molecule has 0 aliphatic carbocycles. The molecular formula is C31H46N10O2. The molecule has 2 aromatic carbocycles. The Morgan fingerprint density at radius 2 is 1.02 bits per heavy atom. The summed E-state index contributed by atoms with van der Waals surface area (Å²) in [6, 6.07) is 12.3. The van der Waals surface area contributed by atoms with Crippen LogP contribution in [0.15, 0.2) is 69.5 Å². The summed E-state index contributed by atoms with van der Waals surface area (Å²) in [5.74, 6) is 2.77. The fraction of sp³-hybridized carbons (Fsp3) is 0.419. The highest BCUT2D eigenvalue weighted by Gasteiger charge is 2.14. The first-order chi connectivity index (χ1) is 19.9. The summed E-state index contributed by atoms with van der Waals surface area (Å²) in [7, 11) is 10.8. The molecule has 232 valence electrons. The molecule has 0 saturated heterocycles. The third kappa shape index (κ3) is 9.25. The van der Waals surface area contributed by atoms with Gasteiger partial charge in [-0.2, -0.15) is 0 Å². The van der Waals surface area contributed by atoms with Gasteiger partial charge in [-0.3, -0.25) is 0 Å². The Labute approximate surface area is 255 Å². The van der Waals surface area contributed by atoms with Gasteiger partial charge >= 0.3 is 11.9 Å². The highest BCUT2D eigenvalue weighted by molar-refractivity contribution is 5.54. The molecule has 0 N–H and O–H groups in total. The van der Waals surface area contributed by atoms with Crippen LogP contribution in [-0.2, 0) is 41.0 Å². The lowest BCUT2D eigenvalue weighted by molar-refractivity contribution is -0.659. The lowest BCUT2D eigenvalue weighted by Gasteiger charge is -2.08. The quantitative estimate of drug-likeness (QED) is 0.0744. The van der Waals surface area contributed by atoms with Gasteiger partial charge in [-0.15, -0.1) is 9.36 Å². The van der Waals surface area contributed by atoms with E-state index < -0.39 is 0 Å². The Balaban J connectivity index is 0.00000323. The largest absolute Gasteiger partial charge is 0.494 e. The molecule has 12 heteroatoms. The van der Waals surface area contributed by atoms with Crippen LogP contribution in [0.4, 0.5) is 23.3 Å². The zero-order valence-electron chi connectivity index (χ0n) is 26.9. The van der Waals surface area contributed by atoms with E-state index in [-0.39, 0.29) is 14.9 Å². The van der Waals surface area contributed by atoms with Crippen LogP contribution in [0.3, 0.4) is 0 Å². The van der Waals surface area contributed by atoms with Crippen LogP contribution in [0.25, 0.3) is 0 Å². The summed E-state index contributed by atoms with van der Waals surface area (Å²) < 4.78 is 18.1. The molecule has 12 nitrogen and oxygen atoms in total. The Bertz CT molecular complexity index is 1360. The third-order valence-corrected chi connectivity index (χ3v) is 6.92. The zero-order valence-corrected chi connectivity index (χ0v) is 26.9. The van der Waals surface area contributed by atoms with Gasteiger partial charge in [0.05, 0.1) is 42.4 Å². The monoisotopic (exact) mass is 590 g/mol. The van der Waals surface area contributed by atoms with Crippen molar-refractivity contribution in [3.63, 3.8) is 0 Å². The molecule has 0 aliphatic rings. The van der Waals surface area contributed by atoms with Crippen molar-refractivity contribution in [1.82, 2.24) is 19.6 Å². The molecule has 4 aromatic rings. The molecular weight excluding hydrogens is 544 g/mol. The van der Waals surface area contributed by atoms with Crippen molar-refractivity contribution in [2.24, 2.45) is 48.6 Å². The minimum atomic E-state index is 0. The highest BCUT2D eigenvalue weighted by atomic mass is 16.5. The van der Waals surface area contributed by atoms with Crippen LogP contribution in [-0.4, -0.2) is 33.8 Å². The van der Waals surface area contributed by atoms with Crippen LogP contribution in [0.1, 0.15) is 43.2 Å². The van der Waals surface area contributed by atoms with Crippen LogP contribution in [0.2, 0.25) is 0 Å². The number of unbranched alkanes of at least 4 members (excludes halogenated alkanes) is 4. The number of aryl methyl sites for hydroxylation is 6. The summed E-state index contributed by atoms with van der Waals surface area (Å²) in [6.07, 6.45) is 11.3. The Kier molecular flexibility index (Phi) is 13.6. The summed E-state index contributed by atoms with van der Waals surface area (Å²) in [6.45, 7) is 0. The van der Waals surface area contributed by atoms with Gasteiger partial charge in [0.15, 0.2) is 0 Å². The van der Waals surface area contributed by atoms with Crippen molar-refractivity contribution in [1.29, 1.82) is 0 Å². The first-order valence-corrected chi connectivity index (χ1v) is 13.8. The van der Waals surface area contributed by atoms with Crippen molar-refractivity contribution in [2.45, 2.75) is 44.9 Å². The van der Waals surface area contributed by atoms with Crippen molar-refractivity contribution in [3.05, 3.63) is 75.0 Å².